The zero-order chi connectivity index (χ0) is 16.1. The summed E-state index contributed by atoms with van der Waals surface area (Å²) in [5, 5.41) is 0. The highest BCUT2D eigenvalue weighted by molar-refractivity contribution is 4.88. The lowest BCUT2D eigenvalue weighted by molar-refractivity contribution is -0.200. The Morgan fingerprint density at radius 1 is 1.00 bits per heavy atom. The largest absolute Gasteiger partial charge is 0.381 e. The quantitative estimate of drug-likeness (QED) is 0.526. The minimum atomic E-state index is 0.0652. The Kier molecular flexibility index (Phi) is 6.29. The maximum atomic E-state index is 5.99. The van der Waals surface area contributed by atoms with E-state index in [-0.39, 0.29) is 5.41 Å². The van der Waals surface area contributed by atoms with Crippen molar-refractivity contribution in [3.63, 3.8) is 0 Å². The number of methoxy groups -OCH3 is 1. The molecule has 1 saturated carbocycles. The molecule has 0 aromatic carbocycles. The average molecular weight is 329 g/mol. The second-order valence-electron chi connectivity index (χ2n) is 7.38. The van der Waals surface area contributed by atoms with Crippen molar-refractivity contribution < 1.29 is 23.7 Å². The van der Waals surface area contributed by atoms with Gasteiger partial charge in [-0.05, 0) is 26.3 Å². The van der Waals surface area contributed by atoms with Gasteiger partial charge in [0, 0.05) is 33.4 Å². The van der Waals surface area contributed by atoms with Crippen LogP contribution in [0.3, 0.4) is 0 Å². The first kappa shape index (κ1) is 17.6. The van der Waals surface area contributed by atoms with Crippen LogP contribution in [0.15, 0.2) is 0 Å². The van der Waals surface area contributed by atoms with E-state index in [1.54, 1.807) is 7.11 Å². The molecule has 2 heterocycles. The van der Waals surface area contributed by atoms with Gasteiger partial charge in [0.2, 0.25) is 0 Å². The van der Waals surface area contributed by atoms with E-state index in [1.807, 2.05) is 0 Å². The fourth-order valence-electron chi connectivity index (χ4n) is 3.19. The second kappa shape index (κ2) is 8.23. The van der Waals surface area contributed by atoms with Gasteiger partial charge in [-0.15, -0.1) is 0 Å². The number of likely N-dealkylation sites (tertiary alicyclic amines) is 1. The summed E-state index contributed by atoms with van der Waals surface area (Å²) in [6.45, 7) is 6.61. The molecule has 0 amide bonds. The molecule has 3 aliphatic rings. The van der Waals surface area contributed by atoms with Crippen LogP contribution in [0, 0.1) is 5.41 Å². The van der Waals surface area contributed by atoms with Crippen molar-refractivity contribution in [1.29, 1.82) is 0 Å². The molecule has 23 heavy (non-hydrogen) atoms. The molecule has 3 fully saturated rings. The Morgan fingerprint density at radius 3 is 2.39 bits per heavy atom. The number of hydrogen-bond donors (Lipinski definition) is 0. The Labute approximate surface area is 139 Å². The van der Waals surface area contributed by atoms with E-state index in [1.165, 1.54) is 0 Å². The third-order valence-corrected chi connectivity index (χ3v) is 5.05. The molecule has 3 rings (SSSR count). The summed E-state index contributed by atoms with van der Waals surface area (Å²) in [5.74, 6) is 0. The zero-order valence-electron chi connectivity index (χ0n) is 14.5. The van der Waals surface area contributed by atoms with Crippen molar-refractivity contribution in [1.82, 2.24) is 4.90 Å². The molecule has 0 unspecified atom stereocenters. The number of ether oxygens (including phenoxy) is 5. The van der Waals surface area contributed by atoms with E-state index < -0.39 is 0 Å². The molecule has 2 saturated heterocycles. The molecular formula is C17H31NO5. The summed E-state index contributed by atoms with van der Waals surface area (Å²) in [7, 11) is 3.88. The highest BCUT2D eigenvalue weighted by Gasteiger charge is 2.41. The molecule has 0 atom stereocenters. The lowest BCUT2D eigenvalue weighted by Gasteiger charge is -2.43. The van der Waals surface area contributed by atoms with Crippen LogP contribution in [-0.4, -0.2) is 90.1 Å². The standard InChI is InChI=1S/C17H31NO5/c1-18-8-16(9-18)22-5-3-4-20-10-17(11-21-12-17)13-23-15-6-14(7-15)19-2/h14-16H,3-13H2,1-2H3. The van der Waals surface area contributed by atoms with Gasteiger partial charge in [0.15, 0.2) is 0 Å². The van der Waals surface area contributed by atoms with Crippen molar-refractivity contribution in [3.8, 4) is 0 Å². The van der Waals surface area contributed by atoms with Crippen molar-refractivity contribution >= 4 is 0 Å². The number of rotatable bonds is 11. The first-order valence-electron chi connectivity index (χ1n) is 8.79. The number of nitrogens with zero attached hydrogens (tertiary/aromatic N) is 1. The Hall–Kier alpha value is -0.240. The maximum absolute atomic E-state index is 5.99. The SMILES string of the molecule is COC1CC(OCC2(COCCCOC3CN(C)C3)COC2)C1. The van der Waals surface area contributed by atoms with Crippen LogP contribution in [-0.2, 0) is 23.7 Å². The highest BCUT2D eigenvalue weighted by Crippen LogP contribution is 2.32. The topological polar surface area (TPSA) is 49.4 Å². The fourth-order valence-corrected chi connectivity index (χ4v) is 3.19. The zero-order valence-corrected chi connectivity index (χ0v) is 14.5. The van der Waals surface area contributed by atoms with E-state index >= 15 is 0 Å². The van der Waals surface area contributed by atoms with E-state index in [0.717, 1.165) is 72.0 Å². The number of hydrogen-bond acceptors (Lipinski definition) is 6. The predicted molar refractivity (Wildman–Crippen MR) is 85.7 cm³/mol. The minimum absolute atomic E-state index is 0.0652. The summed E-state index contributed by atoms with van der Waals surface area (Å²) in [6.07, 6.45) is 4.16. The van der Waals surface area contributed by atoms with E-state index in [9.17, 15) is 0 Å². The van der Waals surface area contributed by atoms with Crippen LogP contribution in [0.1, 0.15) is 19.3 Å². The first-order valence-corrected chi connectivity index (χ1v) is 8.79. The van der Waals surface area contributed by atoms with Gasteiger partial charge in [-0.25, -0.2) is 0 Å². The maximum Gasteiger partial charge on any atom is 0.0828 e. The van der Waals surface area contributed by atoms with Gasteiger partial charge in [-0.3, -0.25) is 0 Å². The third kappa shape index (κ3) is 4.87. The highest BCUT2D eigenvalue weighted by atomic mass is 16.5. The van der Waals surface area contributed by atoms with Gasteiger partial charge < -0.3 is 28.6 Å². The Balaban J connectivity index is 1.20. The molecule has 0 aromatic heterocycles. The van der Waals surface area contributed by atoms with Gasteiger partial charge >= 0.3 is 0 Å². The molecule has 6 heteroatoms. The molecule has 0 spiro atoms. The van der Waals surface area contributed by atoms with E-state index in [0.29, 0.717) is 18.3 Å². The molecule has 0 bridgehead atoms. The summed E-state index contributed by atoms with van der Waals surface area (Å²) >= 11 is 0. The first-order chi connectivity index (χ1) is 11.2. The van der Waals surface area contributed by atoms with Crippen LogP contribution in [0.2, 0.25) is 0 Å². The Morgan fingerprint density at radius 2 is 1.78 bits per heavy atom. The summed E-state index contributed by atoms with van der Waals surface area (Å²) in [6, 6.07) is 0. The molecule has 1 aliphatic carbocycles. The summed E-state index contributed by atoms with van der Waals surface area (Å²) in [4.78, 5) is 2.26. The molecular weight excluding hydrogens is 298 g/mol. The molecule has 2 aliphatic heterocycles. The van der Waals surface area contributed by atoms with Crippen LogP contribution >= 0.6 is 0 Å². The van der Waals surface area contributed by atoms with Gasteiger partial charge in [-0.1, -0.05) is 0 Å². The third-order valence-electron chi connectivity index (χ3n) is 5.05. The lowest BCUT2D eigenvalue weighted by atomic mass is 9.87. The number of likely N-dealkylation sites (N-methyl/N-ethyl adjacent to an activating group) is 1. The average Bonchev–Trinajstić information content (AvgIpc) is 2.43. The molecule has 0 N–H and O–H groups in total. The van der Waals surface area contributed by atoms with Crippen LogP contribution in [0.5, 0.6) is 0 Å². The van der Waals surface area contributed by atoms with Crippen molar-refractivity contribution in [3.05, 3.63) is 0 Å². The predicted octanol–water partition coefficient (Wildman–Crippen LogP) is 0.934. The molecule has 134 valence electrons. The van der Waals surface area contributed by atoms with Crippen molar-refractivity contribution in [2.24, 2.45) is 5.41 Å². The van der Waals surface area contributed by atoms with Crippen LogP contribution < -0.4 is 0 Å². The van der Waals surface area contributed by atoms with Gasteiger partial charge in [-0.2, -0.15) is 0 Å². The molecule has 0 radical (unpaired) electrons. The van der Waals surface area contributed by atoms with Crippen molar-refractivity contribution in [2.75, 3.05) is 66.9 Å². The molecule has 6 nitrogen and oxygen atoms in total. The lowest BCUT2D eigenvalue weighted by Crippen LogP contribution is -2.51. The van der Waals surface area contributed by atoms with E-state index in [2.05, 4.69) is 11.9 Å². The van der Waals surface area contributed by atoms with Crippen LogP contribution in [0.4, 0.5) is 0 Å². The summed E-state index contributed by atoms with van der Waals surface area (Å²) in [5.41, 5.74) is 0.0652. The van der Waals surface area contributed by atoms with Gasteiger partial charge in [0.05, 0.1) is 50.2 Å². The minimum Gasteiger partial charge on any atom is -0.381 e. The normalized spacial score (nSPS) is 30.5. The van der Waals surface area contributed by atoms with Gasteiger partial charge in [0.1, 0.15) is 0 Å². The summed E-state index contributed by atoms with van der Waals surface area (Å²) < 4.78 is 28.3. The van der Waals surface area contributed by atoms with Crippen molar-refractivity contribution in [2.45, 2.75) is 37.6 Å². The Bertz CT molecular complexity index is 351. The van der Waals surface area contributed by atoms with E-state index in [4.69, 9.17) is 23.7 Å². The fraction of sp³-hybridized carbons (Fsp3) is 1.00. The smallest absolute Gasteiger partial charge is 0.0828 e. The van der Waals surface area contributed by atoms with Gasteiger partial charge in [0.25, 0.3) is 0 Å². The second-order valence-corrected chi connectivity index (χ2v) is 7.38. The molecule has 0 aromatic rings. The van der Waals surface area contributed by atoms with Crippen LogP contribution in [0.25, 0.3) is 0 Å². The monoisotopic (exact) mass is 329 g/mol.